The van der Waals surface area contributed by atoms with Gasteiger partial charge >= 0.3 is 5.97 Å². The smallest absolute Gasteiger partial charge is 0.312 e. The maximum Gasteiger partial charge on any atom is 0.312 e. The number of rotatable bonds is 4. The lowest BCUT2D eigenvalue weighted by Crippen LogP contribution is -2.38. The van der Waals surface area contributed by atoms with Gasteiger partial charge in [0.25, 0.3) is 5.91 Å². The fourth-order valence-electron chi connectivity index (χ4n) is 3.07. The van der Waals surface area contributed by atoms with Crippen molar-refractivity contribution >= 4 is 33.9 Å². The molecule has 0 radical (unpaired) electrons. The quantitative estimate of drug-likeness (QED) is 0.675. The van der Waals surface area contributed by atoms with Gasteiger partial charge in [-0.1, -0.05) is 18.2 Å². The fraction of sp³-hybridized carbons (Fsp3) is 0.278. The Balaban J connectivity index is 1.35. The van der Waals surface area contributed by atoms with E-state index in [9.17, 15) is 9.59 Å². The molecule has 0 atom stereocenters. The number of nitrogens with zero attached hydrogens (tertiary/aromatic N) is 3. The van der Waals surface area contributed by atoms with Crippen LogP contribution in [0, 0.1) is 0 Å². The van der Waals surface area contributed by atoms with Crippen LogP contribution in [0.2, 0.25) is 0 Å². The van der Waals surface area contributed by atoms with Gasteiger partial charge in [-0.3, -0.25) is 14.0 Å². The zero-order valence-electron chi connectivity index (χ0n) is 13.6. The van der Waals surface area contributed by atoms with E-state index in [0.29, 0.717) is 12.2 Å². The number of benzene rings is 1. The molecule has 4 rings (SSSR count). The highest BCUT2D eigenvalue weighted by Gasteiger charge is 2.23. The SMILES string of the molecule is O=C(Cc1cn2ccsc2n1)OCC(=O)N1CCCc2ccccc21. The van der Waals surface area contributed by atoms with Gasteiger partial charge in [-0.05, 0) is 24.5 Å². The molecular weight excluding hydrogens is 338 g/mol. The molecular formula is C18H17N3O3S. The van der Waals surface area contributed by atoms with E-state index in [0.717, 1.165) is 29.1 Å². The molecule has 3 heterocycles. The molecule has 0 aliphatic carbocycles. The highest BCUT2D eigenvalue weighted by Crippen LogP contribution is 2.26. The molecule has 0 bridgehead atoms. The number of carbonyl (C=O) groups is 2. The third-order valence-corrected chi connectivity index (χ3v) is 5.01. The summed E-state index contributed by atoms with van der Waals surface area (Å²) in [6.45, 7) is 0.417. The molecule has 1 aromatic carbocycles. The van der Waals surface area contributed by atoms with Gasteiger partial charge in [0, 0.05) is 30.0 Å². The van der Waals surface area contributed by atoms with Crippen molar-refractivity contribution in [1.82, 2.24) is 9.38 Å². The lowest BCUT2D eigenvalue weighted by atomic mass is 10.0. The molecule has 0 saturated heterocycles. The van der Waals surface area contributed by atoms with Crippen LogP contribution in [0.4, 0.5) is 5.69 Å². The maximum atomic E-state index is 12.4. The summed E-state index contributed by atoms with van der Waals surface area (Å²) in [5.41, 5.74) is 2.73. The van der Waals surface area contributed by atoms with Crippen molar-refractivity contribution in [2.75, 3.05) is 18.1 Å². The monoisotopic (exact) mass is 355 g/mol. The largest absolute Gasteiger partial charge is 0.455 e. The van der Waals surface area contributed by atoms with Crippen LogP contribution in [0.5, 0.6) is 0 Å². The zero-order chi connectivity index (χ0) is 17.2. The minimum Gasteiger partial charge on any atom is -0.455 e. The summed E-state index contributed by atoms with van der Waals surface area (Å²) < 4.78 is 7.04. The highest BCUT2D eigenvalue weighted by molar-refractivity contribution is 7.15. The van der Waals surface area contributed by atoms with E-state index in [1.165, 1.54) is 11.3 Å². The normalized spacial score (nSPS) is 13.7. The topological polar surface area (TPSA) is 63.9 Å². The molecule has 128 valence electrons. The number of carbonyl (C=O) groups excluding carboxylic acids is 2. The molecule has 0 N–H and O–H groups in total. The molecule has 0 spiro atoms. The number of ether oxygens (including phenoxy) is 1. The molecule has 6 nitrogen and oxygen atoms in total. The number of thiazole rings is 1. The van der Waals surface area contributed by atoms with E-state index in [2.05, 4.69) is 4.98 Å². The Hall–Kier alpha value is -2.67. The maximum absolute atomic E-state index is 12.4. The van der Waals surface area contributed by atoms with Gasteiger partial charge < -0.3 is 9.64 Å². The van der Waals surface area contributed by atoms with Gasteiger partial charge in [-0.2, -0.15) is 0 Å². The number of hydrogen-bond donors (Lipinski definition) is 0. The number of anilines is 1. The molecule has 25 heavy (non-hydrogen) atoms. The Labute approximate surface area is 148 Å². The van der Waals surface area contributed by atoms with Crippen molar-refractivity contribution in [3.8, 4) is 0 Å². The number of hydrogen-bond acceptors (Lipinski definition) is 5. The van der Waals surface area contributed by atoms with Gasteiger partial charge in [-0.15, -0.1) is 11.3 Å². The Morgan fingerprint density at radius 1 is 1.28 bits per heavy atom. The second-order valence-corrected chi connectivity index (χ2v) is 6.81. The molecule has 1 aliphatic rings. The molecule has 0 fully saturated rings. The second kappa shape index (κ2) is 6.68. The highest BCUT2D eigenvalue weighted by atomic mass is 32.1. The first-order chi connectivity index (χ1) is 12.2. The Morgan fingerprint density at radius 3 is 3.04 bits per heavy atom. The number of imidazole rings is 1. The summed E-state index contributed by atoms with van der Waals surface area (Å²) in [5, 5.41) is 1.93. The summed E-state index contributed by atoms with van der Waals surface area (Å²) in [5.74, 6) is -0.629. The van der Waals surface area contributed by atoms with E-state index >= 15 is 0 Å². The summed E-state index contributed by atoms with van der Waals surface area (Å²) in [6.07, 6.45) is 5.65. The first-order valence-corrected chi connectivity index (χ1v) is 9.03. The Kier molecular flexibility index (Phi) is 4.23. The number of aryl methyl sites for hydroxylation is 1. The Morgan fingerprint density at radius 2 is 2.16 bits per heavy atom. The lowest BCUT2D eigenvalue weighted by molar-refractivity contribution is -0.147. The van der Waals surface area contributed by atoms with Gasteiger partial charge in [0.05, 0.1) is 12.1 Å². The van der Waals surface area contributed by atoms with Crippen molar-refractivity contribution < 1.29 is 14.3 Å². The number of fused-ring (bicyclic) bond motifs is 2. The Bertz CT molecular complexity index is 902. The van der Waals surface area contributed by atoms with Gasteiger partial charge in [0.2, 0.25) is 0 Å². The van der Waals surface area contributed by atoms with Gasteiger partial charge in [0.15, 0.2) is 11.6 Å². The predicted molar refractivity (Wildman–Crippen MR) is 94.8 cm³/mol. The van der Waals surface area contributed by atoms with Crippen LogP contribution in [0.15, 0.2) is 42.0 Å². The molecule has 1 aliphatic heterocycles. The standard InChI is InChI=1S/C18H17N3O3S/c22-16(21-7-3-5-13-4-1-2-6-15(13)21)12-24-17(23)10-14-11-20-8-9-25-18(20)19-14/h1-2,4,6,8-9,11H,3,5,7,10,12H2. The average Bonchev–Trinajstić information content (AvgIpc) is 3.20. The second-order valence-electron chi connectivity index (χ2n) is 5.94. The zero-order valence-corrected chi connectivity index (χ0v) is 14.4. The summed E-state index contributed by atoms with van der Waals surface area (Å²) in [7, 11) is 0. The van der Waals surface area contributed by atoms with Crippen LogP contribution in [0.25, 0.3) is 4.96 Å². The first-order valence-electron chi connectivity index (χ1n) is 8.16. The molecule has 0 saturated carbocycles. The van der Waals surface area contributed by atoms with Crippen LogP contribution in [-0.4, -0.2) is 34.4 Å². The molecule has 3 aromatic rings. The third kappa shape index (κ3) is 3.28. The van der Waals surface area contributed by atoms with Crippen molar-refractivity contribution in [2.24, 2.45) is 0 Å². The lowest BCUT2D eigenvalue weighted by Gasteiger charge is -2.29. The van der Waals surface area contributed by atoms with Crippen LogP contribution in [-0.2, 0) is 27.2 Å². The molecule has 0 unspecified atom stereocenters. The van der Waals surface area contributed by atoms with E-state index in [1.807, 2.05) is 40.2 Å². The van der Waals surface area contributed by atoms with Gasteiger partial charge in [-0.25, -0.2) is 4.98 Å². The first kappa shape index (κ1) is 15.8. The number of amides is 1. The summed E-state index contributed by atoms with van der Waals surface area (Å²) >= 11 is 1.50. The minimum absolute atomic E-state index is 0.0677. The van der Waals surface area contributed by atoms with E-state index in [1.54, 1.807) is 11.1 Å². The van der Waals surface area contributed by atoms with E-state index in [4.69, 9.17) is 4.74 Å². The number of aromatic nitrogens is 2. The minimum atomic E-state index is -0.440. The number of para-hydroxylation sites is 1. The molecule has 2 aromatic heterocycles. The van der Waals surface area contributed by atoms with Crippen LogP contribution in [0.1, 0.15) is 17.7 Å². The van der Waals surface area contributed by atoms with E-state index in [-0.39, 0.29) is 18.9 Å². The molecule has 1 amide bonds. The van der Waals surface area contributed by atoms with Crippen molar-refractivity contribution in [2.45, 2.75) is 19.3 Å². The van der Waals surface area contributed by atoms with Crippen molar-refractivity contribution in [3.63, 3.8) is 0 Å². The van der Waals surface area contributed by atoms with Gasteiger partial charge in [0.1, 0.15) is 0 Å². The van der Waals surface area contributed by atoms with Crippen molar-refractivity contribution in [1.29, 1.82) is 0 Å². The third-order valence-electron chi connectivity index (χ3n) is 4.24. The predicted octanol–water partition coefficient (Wildman–Crippen LogP) is 2.46. The summed E-state index contributed by atoms with van der Waals surface area (Å²) in [4.78, 5) is 31.3. The number of esters is 1. The van der Waals surface area contributed by atoms with Crippen LogP contribution in [0.3, 0.4) is 0 Å². The van der Waals surface area contributed by atoms with Crippen molar-refractivity contribution in [3.05, 3.63) is 53.3 Å². The van der Waals surface area contributed by atoms with Crippen LogP contribution >= 0.6 is 11.3 Å². The van der Waals surface area contributed by atoms with Crippen LogP contribution < -0.4 is 4.90 Å². The fourth-order valence-corrected chi connectivity index (χ4v) is 3.79. The molecule has 7 heteroatoms. The summed E-state index contributed by atoms with van der Waals surface area (Å²) in [6, 6.07) is 7.86. The average molecular weight is 355 g/mol. The van der Waals surface area contributed by atoms with E-state index < -0.39 is 5.97 Å².